The van der Waals surface area contributed by atoms with Gasteiger partial charge in [-0.2, -0.15) is 13.8 Å². The molecule has 6 heterocycles. The summed E-state index contributed by atoms with van der Waals surface area (Å²) in [4.78, 5) is 38.4. The van der Waals surface area contributed by atoms with Crippen LogP contribution < -0.4 is 17.0 Å². The second-order valence-corrected chi connectivity index (χ2v) is 11.1. The molecule has 232 valence electrons. The molecule has 6 N–H and O–H groups in total. The van der Waals surface area contributed by atoms with Crippen LogP contribution in [0.3, 0.4) is 0 Å². The van der Waals surface area contributed by atoms with Gasteiger partial charge in [0, 0.05) is 24.2 Å². The third-order valence-corrected chi connectivity index (χ3v) is 8.28. The number of nitrogens with one attached hydrogen (secondary N) is 1. The van der Waals surface area contributed by atoms with Gasteiger partial charge in [-0.25, -0.2) is 29.2 Å². The van der Waals surface area contributed by atoms with Crippen molar-refractivity contribution in [2.75, 3.05) is 24.2 Å². The van der Waals surface area contributed by atoms with Crippen LogP contribution in [0.1, 0.15) is 18.9 Å². The molecule has 0 bridgehead atoms. The van der Waals surface area contributed by atoms with Crippen molar-refractivity contribution in [3.8, 4) is 0 Å². The van der Waals surface area contributed by atoms with E-state index in [0.29, 0.717) is 11.2 Å². The summed E-state index contributed by atoms with van der Waals surface area (Å²) in [5.41, 5.74) is 10.9. The zero-order valence-electron chi connectivity index (χ0n) is 21.8. The van der Waals surface area contributed by atoms with Gasteiger partial charge in [-0.3, -0.25) is 24.2 Å². The lowest BCUT2D eigenvalue weighted by Gasteiger charge is -2.21. The molecule has 0 saturated carbocycles. The molecule has 22 heteroatoms. The van der Waals surface area contributed by atoms with Crippen molar-refractivity contribution < 1.29 is 41.8 Å². The van der Waals surface area contributed by atoms with Gasteiger partial charge < -0.3 is 30.0 Å². The largest absolute Gasteiger partial charge is 0.382 e. The van der Waals surface area contributed by atoms with Crippen LogP contribution in [-0.2, 0) is 23.4 Å². The number of hydrogen-bond acceptors (Lipinski definition) is 14. The highest BCUT2D eigenvalue weighted by Gasteiger charge is 2.62. The molecule has 4 aromatic heterocycles. The zero-order valence-corrected chi connectivity index (χ0v) is 23.9. The van der Waals surface area contributed by atoms with Crippen LogP contribution in [0.5, 0.6) is 0 Å². The van der Waals surface area contributed by atoms with Crippen LogP contribution >= 0.6 is 18.3 Å². The molecule has 0 spiro atoms. The van der Waals surface area contributed by atoms with E-state index in [-0.39, 0.29) is 42.1 Å². The lowest BCUT2D eigenvalue weighted by atomic mass is 9.96. The molecule has 6 rings (SSSR count). The Hall–Kier alpha value is -3.09. The molecule has 0 aromatic carbocycles. The number of hydrogen-bond donors (Lipinski definition) is 4. The Morgan fingerprint density at radius 1 is 1.12 bits per heavy atom. The minimum Gasteiger partial charge on any atom is -0.382 e. The van der Waals surface area contributed by atoms with E-state index in [0.717, 1.165) is 10.9 Å². The van der Waals surface area contributed by atoms with Crippen LogP contribution in [-0.4, -0.2) is 87.7 Å². The van der Waals surface area contributed by atoms with E-state index in [2.05, 4.69) is 44.3 Å². The topological polar surface area (TPSA) is 226 Å². The van der Waals surface area contributed by atoms with E-state index in [1.807, 2.05) is 0 Å². The average Bonchev–Trinajstić information content (AvgIpc) is 3.71. The fraction of sp³-hybridized carbons (Fsp3) is 0.524. The SMILES string of the molecule is Nc1nc2c(ncn2[C@@H]2OC(OPCC[C@H]3[C@H](F)[C@H](n4cnc5c(N)ncnc54)O[C@@H]3COP)C(F)(F)[C@H]2OO)c(=O)[nH]1. The van der Waals surface area contributed by atoms with Gasteiger partial charge in [0.2, 0.25) is 18.3 Å². The molecule has 2 saturated heterocycles. The predicted molar refractivity (Wildman–Crippen MR) is 145 cm³/mol. The summed E-state index contributed by atoms with van der Waals surface area (Å²) >= 11 is 0. The number of fused-ring (bicyclic) bond motifs is 2. The Kier molecular flexibility index (Phi) is 8.20. The first-order valence-corrected chi connectivity index (χ1v) is 14.2. The minimum absolute atomic E-state index is 0.0429. The van der Waals surface area contributed by atoms with Crippen molar-refractivity contribution in [1.29, 1.82) is 0 Å². The van der Waals surface area contributed by atoms with Crippen LogP contribution in [0.4, 0.5) is 24.9 Å². The first-order valence-electron chi connectivity index (χ1n) is 12.6. The number of rotatable bonds is 10. The summed E-state index contributed by atoms with van der Waals surface area (Å²) in [5.74, 6) is -4.69. The van der Waals surface area contributed by atoms with E-state index >= 15 is 13.2 Å². The number of aromatic nitrogens is 8. The highest BCUT2D eigenvalue weighted by Crippen LogP contribution is 2.47. The average molecular weight is 648 g/mol. The van der Waals surface area contributed by atoms with Gasteiger partial charge in [0.1, 0.15) is 11.8 Å². The Labute approximate surface area is 242 Å². The smallest absolute Gasteiger partial charge is 0.331 e. The van der Waals surface area contributed by atoms with Gasteiger partial charge in [-0.05, 0) is 12.6 Å². The summed E-state index contributed by atoms with van der Waals surface area (Å²) in [6.45, 7) is 0.0429. The van der Waals surface area contributed by atoms with E-state index in [9.17, 15) is 10.1 Å². The lowest BCUT2D eigenvalue weighted by Crippen LogP contribution is -2.41. The summed E-state index contributed by atoms with van der Waals surface area (Å²) in [5, 5.41) is 9.33. The molecule has 17 nitrogen and oxygen atoms in total. The van der Waals surface area contributed by atoms with Crippen LogP contribution in [0.2, 0.25) is 0 Å². The van der Waals surface area contributed by atoms with E-state index in [1.54, 1.807) is 0 Å². The van der Waals surface area contributed by atoms with Crippen molar-refractivity contribution in [2.45, 2.75) is 49.5 Å². The monoisotopic (exact) mass is 648 g/mol. The number of nitrogens with two attached hydrogens (primary N) is 2. The highest BCUT2D eigenvalue weighted by molar-refractivity contribution is 7.32. The zero-order chi connectivity index (χ0) is 30.5. The maximum absolute atomic E-state index is 15.8. The second kappa shape index (κ2) is 11.8. The molecule has 0 amide bonds. The number of ether oxygens (including phenoxy) is 2. The Bertz CT molecular complexity index is 1680. The van der Waals surface area contributed by atoms with Gasteiger partial charge >= 0.3 is 5.92 Å². The van der Waals surface area contributed by atoms with E-state index in [4.69, 9.17) is 30.0 Å². The Morgan fingerprint density at radius 3 is 2.60 bits per heavy atom. The van der Waals surface area contributed by atoms with Crippen molar-refractivity contribution in [3.05, 3.63) is 29.3 Å². The van der Waals surface area contributed by atoms with Crippen LogP contribution in [0.15, 0.2) is 23.8 Å². The molecule has 0 aliphatic carbocycles. The molecule has 2 fully saturated rings. The van der Waals surface area contributed by atoms with Crippen molar-refractivity contribution in [2.24, 2.45) is 5.92 Å². The summed E-state index contributed by atoms with van der Waals surface area (Å²) in [6.07, 6.45) is -5.45. The van der Waals surface area contributed by atoms with Crippen molar-refractivity contribution >= 4 is 52.4 Å². The molecular formula is C21H25F3N10O7P2. The van der Waals surface area contributed by atoms with Gasteiger partial charge in [-0.1, -0.05) is 0 Å². The molecular weight excluding hydrogens is 623 g/mol. The lowest BCUT2D eigenvalue weighted by molar-refractivity contribution is -0.328. The van der Waals surface area contributed by atoms with Crippen molar-refractivity contribution in [1.82, 2.24) is 39.0 Å². The number of aromatic amines is 1. The number of H-pyrrole nitrogens is 1. The van der Waals surface area contributed by atoms with E-state index in [1.165, 1.54) is 17.2 Å². The molecule has 0 radical (unpaired) electrons. The number of nitrogens with zero attached hydrogens (tertiary/aromatic N) is 7. The quantitative estimate of drug-likeness (QED) is 0.0819. The van der Waals surface area contributed by atoms with Gasteiger partial charge in [0.05, 0.1) is 25.4 Å². The molecule has 2 aliphatic heterocycles. The van der Waals surface area contributed by atoms with E-state index < -0.39 is 63.3 Å². The Morgan fingerprint density at radius 2 is 1.86 bits per heavy atom. The van der Waals surface area contributed by atoms with Gasteiger partial charge in [0.15, 0.2) is 41.3 Å². The number of halogens is 3. The molecule has 3 unspecified atom stereocenters. The molecule has 4 aromatic rings. The molecule has 43 heavy (non-hydrogen) atoms. The van der Waals surface area contributed by atoms with Gasteiger partial charge in [-0.15, -0.1) is 0 Å². The Balaban J connectivity index is 1.13. The number of imidazole rings is 2. The first kappa shape index (κ1) is 30.0. The normalized spacial score (nSPS) is 29.1. The number of nitrogen functional groups attached to an aromatic ring is 2. The maximum Gasteiger partial charge on any atom is 0.331 e. The van der Waals surface area contributed by atoms with Crippen LogP contribution in [0, 0.1) is 5.92 Å². The third kappa shape index (κ3) is 5.21. The summed E-state index contributed by atoms with van der Waals surface area (Å²) < 4.78 is 70.4. The maximum atomic E-state index is 15.8. The standard InChI is InChI=1S/C21H25F3N10O7P2/c22-9-7(8(3-37-42)38-17(9)33-5-29-10-13(25)27-4-28-14(10)33)1-2-43-41-19-21(23,24)12(40-36)18(39-19)34-6-30-11-15(34)31-20(26)32-16(11)35/h4-9,12,17-19,36,43H,1-3,42H2,(H2,25,27,28)(H3,26,31,32,35)/t7-,8-,9+,12+,17-,18-,19?/m1/s1. The number of alkyl halides is 3. The minimum atomic E-state index is -3.85. The fourth-order valence-corrected chi connectivity index (χ4v) is 6.31. The fourth-order valence-electron chi connectivity index (χ4n) is 5.19. The predicted octanol–water partition coefficient (Wildman–Crippen LogP) is 1.13. The second-order valence-electron chi connectivity index (χ2n) is 9.72. The third-order valence-electron chi connectivity index (χ3n) is 7.22. The molecule has 9 atom stereocenters. The van der Waals surface area contributed by atoms with Crippen LogP contribution in [0.25, 0.3) is 22.3 Å². The van der Waals surface area contributed by atoms with Gasteiger partial charge in [0.25, 0.3) is 5.56 Å². The molecule has 2 aliphatic rings. The first-order chi connectivity index (χ1) is 20.6. The summed E-state index contributed by atoms with van der Waals surface area (Å²) in [6, 6.07) is 0. The van der Waals surface area contributed by atoms with Crippen molar-refractivity contribution in [3.63, 3.8) is 0 Å². The highest BCUT2D eigenvalue weighted by atomic mass is 31.1. The number of anilines is 2. The summed E-state index contributed by atoms with van der Waals surface area (Å²) in [7, 11) is 1.51.